The van der Waals surface area contributed by atoms with Gasteiger partial charge in [-0.3, -0.25) is 0 Å². The average molecular weight is 345 g/mol. The normalized spacial score (nSPS) is 16.9. The average Bonchev–Trinajstić information content (AvgIpc) is 2.95. The van der Waals surface area contributed by atoms with Gasteiger partial charge in [-0.05, 0) is 43.0 Å². The van der Waals surface area contributed by atoms with E-state index in [0.29, 0.717) is 6.73 Å². The van der Waals surface area contributed by atoms with Crippen LogP contribution in [-0.4, -0.2) is 32.3 Å². The highest BCUT2D eigenvalue weighted by molar-refractivity contribution is 6.76. The number of hydrogen-bond donors (Lipinski definition) is 0. The highest BCUT2D eigenvalue weighted by Crippen LogP contribution is 2.31. The summed E-state index contributed by atoms with van der Waals surface area (Å²) in [4.78, 5) is 2.55. The monoisotopic (exact) mass is 344 g/mol. The third-order valence-electron chi connectivity index (χ3n) is 5.14. The Bertz CT molecular complexity index is 666. The van der Waals surface area contributed by atoms with Crippen LogP contribution in [0.15, 0.2) is 30.5 Å². The molecule has 132 valence electrons. The second-order valence-electron chi connectivity index (χ2n) is 8.51. The van der Waals surface area contributed by atoms with E-state index in [9.17, 15) is 0 Å². The van der Waals surface area contributed by atoms with E-state index in [-0.39, 0.29) is 0 Å². The lowest BCUT2D eigenvalue weighted by molar-refractivity contribution is 0.0902. The standard InChI is InChI=1S/C20H32N2OSi/c1-17-8-11-21(12-9-17)19-6-5-7-20-18(19)10-13-22(20)16-23-14-15-24(2,3)4/h5-7,10,13,17H,8-9,11-12,14-16H2,1-4H3. The summed E-state index contributed by atoms with van der Waals surface area (Å²) in [6.45, 7) is 13.4. The predicted octanol–water partition coefficient (Wildman–Crippen LogP) is 5.19. The lowest BCUT2D eigenvalue weighted by atomic mass is 9.98. The fourth-order valence-corrected chi connectivity index (χ4v) is 4.14. The molecule has 0 radical (unpaired) electrons. The van der Waals surface area contributed by atoms with Crippen molar-refractivity contribution in [3.8, 4) is 0 Å². The van der Waals surface area contributed by atoms with Crippen LogP contribution in [-0.2, 0) is 11.5 Å². The number of rotatable bonds is 6. The van der Waals surface area contributed by atoms with Crippen LogP contribution in [0.4, 0.5) is 5.69 Å². The van der Waals surface area contributed by atoms with Gasteiger partial charge >= 0.3 is 0 Å². The first-order valence-electron chi connectivity index (χ1n) is 9.34. The summed E-state index contributed by atoms with van der Waals surface area (Å²) < 4.78 is 8.19. The van der Waals surface area contributed by atoms with Crippen LogP contribution in [0.5, 0.6) is 0 Å². The number of nitrogens with zero attached hydrogens (tertiary/aromatic N) is 2. The zero-order chi connectivity index (χ0) is 17.2. The molecule has 0 amide bonds. The van der Waals surface area contributed by atoms with Crippen LogP contribution >= 0.6 is 0 Å². The van der Waals surface area contributed by atoms with Gasteiger partial charge in [0.1, 0.15) is 6.73 Å². The van der Waals surface area contributed by atoms with E-state index in [1.807, 2.05) is 0 Å². The summed E-state index contributed by atoms with van der Waals surface area (Å²) in [6, 6.07) is 10.2. The van der Waals surface area contributed by atoms with Crippen LogP contribution in [0.2, 0.25) is 25.7 Å². The number of ether oxygens (including phenoxy) is 1. The third kappa shape index (κ3) is 4.22. The topological polar surface area (TPSA) is 17.4 Å². The molecule has 3 rings (SSSR count). The summed E-state index contributed by atoms with van der Waals surface area (Å²) >= 11 is 0. The van der Waals surface area contributed by atoms with Gasteiger partial charge in [0.05, 0.1) is 5.52 Å². The van der Waals surface area contributed by atoms with E-state index in [0.717, 1.165) is 12.5 Å². The molecular formula is C20H32N2OSi. The number of aromatic nitrogens is 1. The lowest BCUT2D eigenvalue weighted by Gasteiger charge is -2.32. The Hall–Kier alpha value is -1.26. The van der Waals surface area contributed by atoms with Crippen LogP contribution in [0, 0.1) is 5.92 Å². The van der Waals surface area contributed by atoms with E-state index in [2.05, 4.69) is 66.5 Å². The van der Waals surface area contributed by atoms with Crippen molar-refractivity contribution in [1.82, 2.24) is 4.57 Å². The van der Waals surface area contributed by atoms with Gasteiger partial charge in [0.2, 0.25) is 0 Å². The minimum Gasteiger partial charge on any atom is -0.371 e. The molecule has 1 aromatic carbocycles. The van der Waals surface area contributed by atoms with Crippen molar-refractivity contribution in [1.29, 1.82) is 0 Å². The maximum atomic E-state index is 5.95. The molecule has 1 fully saturated rings. The van der Waals surface area contributed by atoms with Gasteiger partial charge < -0.3 is 14.2 Å². The van der Waals surface area contributed by atoms with Gasteiger partial charge in [0, 0.05) is 45.0 Å². The first kappa shape index (κ1) is 17.6. The van der Waals surface area contributed by atoms with Crippen molar-refractivity contribution < 1.29 is 4.74 Å². The Kier molecular flexibility index (Phi) is 5.35. The minimum atomic E-state index is -1.01. The molecule has 1 aliphatic rings. The summed E-state index contributed by atoms with van der Waals surface area (Å²) in [6.07, 6.45) is 4.78. The molecule has 0 bridgehead atoms. The highest BCUT2D eigenvalue weighted by Gasteiger charge is 2.18. The Morgan fingerprint density at radius 2 is 1.88 bits per heavy atom. The highest BCUT2D eigenvalue weighted by atomic mass is 28.3. The molecule has 1 aromatic heterocycles. The Morgan fingerprint density at radius 1 is 1.12 bits per heavy atom. The van der Waals surface area contributed by atoms with Crippen LogP contribution in [0.25, 0.3) is 10.9 Å². The zero-order valence-electron chi connectivity index (χ0n) is 15.7. The quantitative estimate of drug-likeness (QED) is 0.530. The van der Waals surface area contributed by atoms with E-state index in [1.165, 1.54) is 48.6 Å². The number of benzene rings is 1. The molecule has 3 nitrogen and oxygen atoms in total. The molecule has 1 aliphatic heterocycles. The van der Waals surface area contributed by atoms with Crippen LogP contribution < -0.4 is 4.90 Å². The summed E-state index contributed by atoms with van der Waals surface area (Å²) in [7, 11) is -1.01. The van der Waals surface area contributed by atoms with Crippen molar-refractivity contribution in [3.63, 3.8) is 0 Å². The SMILES string of the molecule is CC1CCN(c2cccc3c2ccn3COCC[Si](C)(C)C)CC1. The number of piperidine rings is 1. The van der Waals surface area contributed by atoms with Crippen LogP contribution in [0.3, 0.4) is 0 Å². The lowest BCUT2D eigenvalue weighted by Crippen LogP contribution is -2.32. The van der Waals surface area contributed by atoms with Crippen LogP contribution in [0.1, 0.15) is 19.8 Å². The van der Waals surface area contributed by atoms with Gasteiger partial charge in [-0.25, -0.2) is 0 Å². The summed E-state index contributed by atoms with van der Waals surface area (Å²) in [5.74, 6) is 0.866. The van der Waals surface area contributed by atoms with Crippen molar-refractivity contribution in [2.45, 2.75) is 52.2 Å². The van der Waals surface area contributed by atoms with E-state index in [4.69, 9.17) is 4.74 Å². The predicted molar refractivity (Wildman–Crippen MR) is 107 cm³/mol. The zero-order valence-corrected chi connectivity index (χ0v) is 16.7. The summed E-state index contributed by atoms with van der Waals surface area (Å²) in [5, 5.41) is 1.36. The van der Waals surface area contributed by atoms with Gasteiger partial charge in [0.25, 0.3) is 0 Å². The Labute approximate surface area is 147 Å². The fraction of sp³-hybridized carbons (Fsp3) is 0.600. The smallest absolute Gasteiger partial charge is 0.122 e. The molecule has 4 heteroatoms. The third-order valence-corrected chi connectivity index (χ3v) is 6.85. The first-order valence-corrected chi connectivity index (χ1v) is 13.1. The molecule has 24 heavy (non-hydrogen) atoms. The molecule has 0 atom stereocenters. The van der Waals surface area contributed by atoms with Gasteiger partial charge in [-0.2, -0.15) is 0 Å². The van der Waals surface area contributed by atoms with Gasteiger partial charge in [-0.15, -0.1) is 0 Å². The Morgan fingerprint density at radius 3 is 2.58 bits per heavy atom. The second kappa shape index (κ2) is 7.32. The van der Waals surface area contributed by atoms with Crippen molar-refractivity contribution in [3.05, 3.63) is 30.5 Å². The number of anilines is 1. The summed E-state index contributed by atoms with van der Waals surface area (Å²) in [5.41, 5.74) is 2.68. The van der Waals surface area contributed by atoms with Crippen molar-refractivity contribution in [2.75, 3.05) is 24.6 Å². The molecule has 1 saturated heterocycles. The van der Waals surface area contributed by atoms with E-state index < -0.39 is 8.07 Å². The molecule has 0 saturated carbocycles. The first-order chi connectivity index (χ1) is 11.4. The largest absolute Gasteiger partial charge is 0.371 e. The molecular weight excluding hydrogens is 312 g/mol. The minimum absolute atomic E-state index is 0.661. The van der Waals surface area contributed by atoms with Crippen molar-refractivity contribution >= 4 is 24.7 Å². The molecule has 2 aromatic rings. The van der Waals surface area contributed by atoms with Gasteiger partial charge in [-0.1, -0.05) is 32.6 Å². The van der Waals surface area contributed by atoms with Crippen molar-refractivity contribution in [2.24, 2.45) is 5.92 Å². The molecule has 0 unspecified atom stereocenters. The van der Waals surface area contributed by atoms with Gasteiger partial charge in [0.15, 0.2) is 0 Å². The second-order valence-corrected chi connectivity index (χ2v) is 14.1. The Balaban J connectivity index is 1.70. The van der Waals surface area contributed by atoms with E-state index in [1.54, 1.807) is 0 Å². The molecule has 2 heterocycles. The fourth-order valence-electron chi connectivity index (χ4n) is 3.39. The number of fused-ring (bicyclic) bond motifs is 1. The molecule has 0 aliphatic carbocycles. The molecule has 0 spiro atoms. The maximum Gasteiger partial charge on any atom is 0.122 e. The maximum absolute atomic E-state index is 5.95. The van der Waals surface area contributed by atoms with E-state index >= 15 is 0 Å². The number of hydrogen-bond acceptors (Lipinski definition) is 2. The molecule has 0 N–H and O–H groups in total.